The van der Waals surface area contributed by atoms with Crippen LogP contribution in [0.25, 0.3) is 0 Å². The van der Waals surface area contributed by atoms with Crippen molar-refractivity contribution in [2.24, 2.45) is 0 Å². The highest BCUT2D eigenvalue weighted by Gasteiger charge is 2.24. The van der Waals surface area contributed by atoms with Crippen molar-refractivity contribution in [2.45, 2.75) is 52.0 Å². The van der Waals surface area contributed by atoms with Gasteiger partial charge < -0.3 is 9.47 Å². The molecule has 1 aromatic carbocycles. The molecular weight excluding hydrogens is 298 g/mol. The lowest BCUT2D eigenvalue weighted by Gasteiger charge is -2.33. The van der Waals surface area contributed by atoms with Crippen LogP contribution in [-0.2, 0) is 11.2 Å². The van der Waals surface area contributed by atoms with Gasteiger partial charge >= 0.3 is 0 Å². The molecule has 0 N–H and O–H groups in total. The smallest absolute Gasteiger partial charge is 0.222 e. The summed E-state index contributed by atoms with van der Waals surface area (Å²) in [6.45, 7) is 5.91. The number of imidazole rings is 1. The molecule has 1 aromatic heterocycles. The van der Waals surface area contributed by atoms with Crippen LogP contribution < -0.4 is 0 Å². The Morgan fingerprint density at radius 1 is 1.17 bits per heavy atom. The zero-order valence-electron chi connectivity index (χ0n) is 14.7. The van der Waals surface area contributed by atoms with Crippen molar-refractivity contribution in [3.05, 3.63) is 53.6 Å². The van der Waals surface area contributed by atoms with Gasteiger partial charge in [0.25, 0.3) is 0 Å². The van der Waals surface area contributed by atoms with E-state index >= 15 is 0 Å². The predicted octanol–water partition coefficient (Wildman–Crippen LogP) is 3.69. The van der Waals surface area contributed by atoms with Crippen molar-refractivity contribution < 1.29 is 4.79 Å². The molecule has 1 amide bonds. The van der Waals surface area contributed by atoms with Crippen molar-refractivity contribution in [1.82, 2.24) is 14.5 Å². The normalized spacial score (nSPS) is 15.7. The first-order valence-corrected chi connectivity index (χ1v) is 8.97. The molecule has 0 saturated carbocycles. The van der Waals surface area contributed by atoms with E-state index in [1.165, 1.54) is 11.3 Å². The first-order valence-electron chi connectivity index (χ1n) is 8.97. The largest absolute Gasteiger partial charge is 0.343 e. The van der Waals surface area contributed by atoms with Crippen molar-refractivity contribution in [3.8, 4) is 0 Å². The van der Waals surface area contributed by atoms with Gasteiger partial charge in [-0.2, -0.15) is 0 Å². The van der Waals surface area contributed by atoms with Crippen molar-refractivity contribution in [3.63, 3.8) is 0 Å². The van der Waals surface area contributed by atoms with Crippen LogP contribution >= 0.6 is 0 Å². The van der Waals surface area contributed by atoms with E-state index in [9.17, 15) is 4.79 Å². The average molecular weight is 325 g/mol. The van der Waals surface area contributed by atoms with Crippen LogP contribution in [0.3, 0.4) is 0 Å². The van der Waals surface area contributed by atoms with Gasteiger partial charge in [0.05, 0.1) is 0 Å². The fraction of sp³-hybridized carbons (Fsp3) is 0.500. The summed E-state index contributed by atoms with van der Waals surface area (Å²) in [5, 5.41) is 0. The van der Waals surface area contributed by atoms with Gasteiger partial charge in [-0.05, 0) is 45.1 Å². The van der Waals surface area contributed by atoms with Crippen LogP contribution in [0.2, 0.25) is 0 Å². The fourth-order valence-electron chi connectivity index (χ4n) is 3.74. The maximum Gasteiger partial charge on any atom is 0.222 e. The summed E-state index contributed by atoms with van der Waals surface area (Å²) in [7, 11) is 0. The molecule has 1 aliphatic rings. The number of amides is 1. The second-order valence-electron chi connectivity index (χ2n) is 6.77. The second kappa shape index (κ2) is 7.65. The number of hydrogen-bond acceptors (Lipinski definition) is 2. The monoisotopic (exact) mass is 325 g/mol. The Hall–Kier alpha value is -2.10. The molecule has 0 bridgehead atoms. The lowest BCUT2D eigenvalue weighted by atomic mass is 10.0. The number of piperidine rings is 1. The first kappa shape index (κ1) is 16.7. The number of aromatic nitrogens is 2. The molecule has 0 radical (unpaired) electrons. The molecule has 3 rings (SSSR count). The molecule has 0 unspecified atom stereocenters. The fourth-order valence-corrected chi connectivity index (χ4v) is 3.74. The molecule has 0 atom stereocenters. The minimum absolute atomic E-state index is 0.309. The second-order valence-corrected chi connectivity index (χ2v) is 6.77. The first-order chi connectivity index (χ1) is 11.6. The van der Waals surface area contributed by atoms with Crippen LogP contribution in [-0.4, -0.2) is 33.4 Å². The summed E-state index contributed by atoms with van der Waals surface area (Å²) in [5.74, 6) is 1.39. The summed E-state index contributed by atoms with van der Waals surface area (Å²) < 4.78 is 2.33. The maximum atomic E-state index is 12.4. The van der Waals surface area contributed by atoms with Crippen molar-refractivity contribution in [1.29, 1.82) is 0 Å². The third-order valence-electron chi connectivity index (χ3n) is 5.05. The van der Waals surface area contributed by atoms with E-state index in [0.717, 1.165) is 44.6 Å². The number of hydrogen-bond donors (Lipinski definition) is 0. The van der Waals surface area contributed by atoms with E-state index in [0.29, 0.717) is 18.4 Å². The van der Waals surface area contributed by atoms with Crippen LogP contribution in [0.5, 0.6) is 0 Å². The number of carbonyl (C=O) groups excluding carboxylic acids is 1. The molecule has 1 aliphatic heterocycles. The summed E-state index contributed by atoms with van der Waals surface area (Å²) in [6, 6.07) is 10.9. The van der Waals surface area contributed by atoms with Crippen molar-refractivity contribution >= 4 is 5.91 Å². The van der Waals surface area contributed by atoms with Gasteiger partial charge in [-0.15, -0.1) is 0 Å². The third-order valence-corrected chi connectivity index (χ3v) is 5.05. The van der Waals surface area contributed by atoms with E-state index in [2.05, 4.69) is 47.7 Å². The zero-order chi connectivity index (χ0) is 16.9. The number of benzene rings is 1. The molecular formula is C20H27N3O. The van der Waals surface area contributed by atoms with Gasteiger partial charge in [0.2, 0.25) is 5.91 Å². The third kappa shape index (κ3) is 3.86. The molecule has 24 heavy (non-hydrogen) atoms. The Morgan fingerprint density at radius 3 is 2.50 bits per heavy atom. The summed E-state index contributed by atoms with van der Waals surface area (Å²) in [6.07, 6.45) is 6.57. The molecule has 1 fully saturated rings. The van der Waals surface area contributed by atoms with Gasteiger partial charge in [0.15, 0.2) is 0 Å². The van der Waals surface area contributed by atoms with Gasteiger partial charge in [-0.3, -0.25) is 4.79 Å². The molecule has 2 aromatic rings. The molecule has 2 heterocycles. The molecule has 4 nitrogen and oxygen atoms in total. The zero-order valence-corrected chi connectivity index (χ0v) is 14.7. The Balaban J connectivity index is 1.45. The Kier molecular flexibility index (Phi) is 5.34. The quantitative estimate of drug-likeness (QED) is 0.841. The number of likely N-dealkylation sites (tertiary alicyclic amines) is 1. The van der Waals surface area contributed by atoms with Crippen LogP contribution in [0, 0.1) is 13.8 Å². The van der Waals surface area contributed by atoms with E-state index in [1.807, 2.05) is 17.2 Å². The lowest BCUT2D eigenvalue weighted by Crippen LogP contribution is -2.39. The molecule has 0 aliphatic carbocycles. The van der Waals surface area contributed by atoms with E-state index in [1.54, 1.807) is 0 Å². The maximum absolute atomic E-state index is 12.4. The number of rotatable bonds is 5. The van der Waals surface area contributed by atoms with Crippen LogP contribution in [0.1, 0.15) is 48.8 Å². The highest BCUT2D eigenvalue weighted by atomic mass is 16.2. The molecule has 128 valence electrons. The highest BCUT2D eigenvalue weighted by molar-refractivity contribution is 5.76. The van der Waals surface area contributed by atoms with E-state index in [4.69, 9.17) is 0 Å². The summed E-state index contributed by atoms with van der Waals surface area (Å²) >= 11 is 0. The number of nitrogens with zero attached hydrogens (tertiary/aromatic N) is 3. The molecule has 4 heteroatoms. The minimum Gasteiger partial charge on any atom is -0.343 e. The molecule has 1 saturated heterocycles. The van der Waals surface area contributed by atoms with Gasteiger partial charge in [0.1, 0.15) is 5.82 Å². The van der Waals surface area contributed by atoms with Crippen LogP contribution in [0.15, 0.2) is 36.5 Å². The number of aryl methyl sites for hydroxylation is 3. The predicted molar refractivity (Wildman–Crippen MR) is 95.9 cm³/mol. The minimum atomic E-state index is 0.309. The van der Waals surface area contributed by atoms with Crippen molar-refractivity contribution in [2.75, 3.05) is 13.1 Å². The average Bonchev–Trinajstić information content (AvgIpc) is 2.94. The standard InChI is InChI=1S/C20H27N3O/c1-16-15-21-17(2)23(16)19-11-13-22(14-12-19)20(24)10-6-9-18-7-4-3-5-8-18/h3-5,7-8,15,19H,6,9-14H2,1-2H3. The Labute approximate surface area is 144 Å². The summed E-state index contributed by atoms with van der Waals surface area (Å²) in [4.78, 5) is 18.9. The van der Waals surface area contributed by atoms with E-state index < -0.39 is 0 Å². The van der Waals surface area contributed by atoms with Gasteiger partial charge in [-0.25, -0.2) is 4.98 Å². The Morgan fingerprint density at radius 2 is 1.88 bits per heavy atom. The SMILES string of the molecule is Cc1cnc(C)n1C1CCN(C(=O)CCCc2ccccc2)CC1. The topological polar surface area (TPSA) is 38.1 Å². The summed E-state index contributed by atoms with van der Waals surface area (Å²) in [5.41, 5.74) is 2.54. The van der Waals surface area contributed by atoms with E-state index in [-0.39, 0.29) is 0 Å². The Bertz CT molecular complexity index is 650. The van der Waals surface area contributed by atoms with Gasteiger partial charge in [-0.1, -0.05) is 30.3 Å². The highest BCUT2D eigenvalue weighted by Crippen LogP contribution is 2.25. The van der Waals surface area contributed by atoms with Gasteiger partial charge in [0, 0.05) is 37.4 Å². The lowest BCUT2D eigenvalue weighted by molar-refractivity contribution is -0.132. The molecule has 0 spiro atoms. The van der Waals surface area contributed by atoms with Crippen LogP contribution in [0.4, 0.5) is 0 Å². The number of carbonyl (C=O) groups is 1.